The van der Waals surface area contributed by atoms with E-state index in [2.05, 4.69) is 26.1 Å². The molecule has 0 aliphatic heterocycles. The van der Waals surface area contributed by atoms with Gasteiger partial charge in [0.25, 0.3) is 0 Å². The van der Waals surface area contributed by atoms with Crippen molar-refractivity contribution in [1.29, 1.82) is 0 Å². The van der Waals surface area contributed by atoms with Crippen LogP contribution >= 0.6 is 0 Å². The second-order valence-electron chi connectivity index (χ2n) is 14.4. The molecule has 0 saturated carbocycles. The van der Waals surface area contributed by atoms with Crippen LogP contribution in [0.1, 0.15) is 193 Å². The lowest BCUT2D eigenvalue weighted by Crippen LogP contribution is -2.34. The molecule has 0 radical (unpaired) electrons. The van der Waals surface area contributed by atoms with Gasteiger partial charge in [0.05, 0.1) is 6.42 Å². The summed E-state index contributed by atoms with van der Waals surface area (Å²) < 4.78 is 11.1. The van der Waals surface area contributed by atoms with Crippen LogP contribution in [0.4, 0.5) is 0 Å². The van der Waals surface area contributed by atoms with Gasteiger partial charge in [0.1, 0.15) is 19.3 Å². The summed E-state index contributed by atoms with van der Waals surface area (Å²) in [5.74, 6) is -0.165. The molecule has 0 aliphatic carbocycles. The van der Waals surface area contributed by atoms with Crippen molar-refractivity contribution >= 4 is 17.8 Å². The second-order valence-corrected chi connectivity index (χ2v) is 14.4. The van der Waals surface area contributed by atoms with E-state index in [1.807, 2.05) is 30.3 Å². The van der Waals surface area contributed by atoms with E-state index in [4.69, 9.17) is 9.47 Å². The van der Waals surface area contributed by atoms with Gasteiger partial charge in [-0.05, 0) is 30.7 Å². The monoisotopic (exact) mass is 672 g/mol. The first kappa shape index (κ1) is 43.7. The molecule has 1 atom stereocenters. The first-order chi connectivity index (χ1) is 23.4. The summed E-state index contributed by atoms with van der Waals surface area (Å²) in [7, 11) is 0. The summed E-state index contributed by atoms with van der Waals surface area (Å²) in [5, 5.41) is 2.66. The summed E-state index contributed by atoms with van der Waals surface area (Å²) in [4.78, 5) is 37.6. The van der Waals surface area contributed by atoms with Crippen LogP contribution in [0.3, 0.4) is 0 Å². The average Bonchev–Trinajstić information content (AvgIpc) is 3.07. The molecule has 1 amide bonds. The molecular formula is C42H73NO5. The largest absolute Gasteiger partial charge is 0.462 e. The van der Waals surface area contributed by atoms with Crippen molar-refractivity contribution in [3.63, 3.8) is 0 Å². The first-order valence-electron chi connectivity index (χ1n) is 20.1. The minimum Gasteiger partial charge on any atom is -0.462 e. The number of carbonyl (C=O) groups excluding carboxylic acids is 3. The third-order valence-corrected chi connectivity index (χ3v) is 9.18. The second kappa shape index (κ2) is 31.9. The molecular weight excluding hydrogens is 598 g/mol. The molecule has 1 aromatic rings. The molecule has 1 N–H and O–H groups in total. The quantitative estimate of drug-likeness (QED) is 0.0594. The van der Waals surface area contributed by atoms with Crippen LogP contribution in [0.2, 0.25) is 0 Å². The smallest absolute Gasteiger partial charge is 0.325 e. The van der Waals surface area contributed by atoms with E-state index in [0.29, 0.717) is 12.8 Å². The molecule has 0 aliphatic rings. The molecule has 1 aromatic carbocycles. The third kappa shape index (κ3) is 28.6. The Bertz CT molecular complexity index is 903. The summed E-state index contributed by atoms with van der Waals surface area (Å²) in [6.07, 6.45) is 29.5. The van der Waals surface area contributed by atoms with Crippen molar-refractivity contribution in [3.8, 4) is 0 Å². The van der Waals surface area contributed by atoms with Crippen molar-refractivity contribution in [1.82, 2.24) is 5.32 Å². The number of nitrogens with one attached hydrogen (secondary N) is 1. The maximum atomic E-state index is 12.7. The normalized spacial score (nSPS) is 11.8. The Labute approximate surface area is 295 Å². The molecule has 6 heteroatoms. The number of rotatable bonds is 33. The van der Waals surface area contributed by atoms with Crippen LogP contribution in [0.5, 0.6) is 0 Å². The summed E-state index contributed by atoms with van der Waals surface area (Å²) in [5.41, 5.74) is 0.898. The molecule has 1 rings (SSSR count). The highest BCUT2D eigenvalue weighted by molar-refractivity contribution is 5.82. The van der Waals surface area contributed by atoms with Crippen LogP contribution in [-0.2, 0) is 30.5 Å². The van der Waals surface area contributed by atoms with E-state index in [1.165, 1.54) is 116 Å². The van der Waals surface area contributed by atoms with E-state index < -0.39 is 12.1 Å². The van der Waals surface area contributed by atoms with E-state index in [9.17, 15) is 14.4 Å². The van der Waals surface area contributed by atoms with Gasteiger partial charge in [0, 0.05) is 6.42 Å². The Kier molecular flexibility index (Phi) is 29.0. The lowest BCUT2D eigenvalue weighted by Gasteiger charge is -2.18. The minimum absolute atomic E-state index is 0.0766. The number of hydrogen-bond donors (Lipinski definition) is 1. The summed E-state index contributed by atoms with van der Waals surface area (Å²) >= 11 is 0. The fraction of sp³-hybridized carbons (Fsp3) is 0.786. The maximum Gasteiger partial charge on any atom is 0.325 e. The molecule has 48 heavy (non-hydrogen) atoms. The fourth-order valence-corrected chi connectivity index (χ4v) is 6.14. The predicted octanol–water partition coefficient (Wildman–Crippen LogP) is 11.6. The number of ether oxygens (including phenoxy) is 2. The molecule has 0 aromatic heterocycles. The standard InChI is InChI=1S/C42H73NO5/c1-4-5-6-7-8-9-10-11-15-18-21-27-32-39(34-40(44)43-35-42(46)47-36-38-30-25-23-26-31-38)48-41(45)33-28-22-19-16-13-12-14-17-20-24-29-37(2)3/h23,25-26,30-31,37,39H,4-22,24,27-29,32-36H2,1-3H3,(H,43,44). The van der Waals surface area contributed by atoms with Crippen molar-refractivity contribution in [3.05, 3.63) is 35.9 Å². The highest BCUT2D eigenvalue weighted by atomic mass is 16.5. The molecule has 0 fully saturated rings. The topological polar surface area (TPSA) is 81.7 Å². The average molecular weight is 672 g/mol. The summed E-state index contributed by atoms with van der Waals surface area (Å²) in [6.45, 7) is 6.84. The van der Waals surface area contributed by atoms with Crippen molar-refractivity contribution in [2.75, 3.05) is 6.54 Å². The Morgan fingerprint density at radius 2 is 1.08 bits per heavy atom. The van der Waals surface area contributed by atoms with E-state index >= 15 is 0 Å². The van der Waals surface area contributed by atoms with Crippen molar-refractivity contribution in [2.45, 2.75) is 200 Å². The van der Waals surface area contributed by atoms with Gasteiger partial charge >= 0.3 is 11.9 Å². The van der Waals surface area contributed by atoms with Crippen molar-refractivity contribution in [2.24, 2.45) is 5.92 Å². The van der Waals surface area contributed by atoms with Gasteiger partial charge in [-0.15, -0.1) is 0 Å². The minimum atomic E-state index is -0.483. The molecule has 1 unspecified atom stereocenters. The Hall–Kier alpha value is -2.37. The molecule has 0 heterocycles. The highest BCUT2D eigenvalue weighted by Crippen LogP contribution is 2.17. The Balaban J connectivity index is 2.30. The fourth-order valence-electron chi connectivity index (χ4n) is 6.14. The Morgan fingerprint density at radius 1 is 0.604 bits per heavy atom. The van der Waals surface area contributed by atoms with Gasteiger partial charge in [-0.25, -0.2) is 0 Å². The van der Waals surface area contributed by atoms with Gasteiger partial charge in [-0.2, -0.15) is 0 Å². The molecule has 0 spiro atoms. The van der Waals surface area contributed by atoms with Gasteiger partial charge < -0.3 is 14.8 Å². The van der Waals surface area contributed by atoms with Gasteiger partial charge in [-0.3, -0.25) is 14.4 Å². The van der Waals surface area contributed by atoms with Crippen LogP contribution < -0.4 is 5.32 Å². The predicted molar refractivity (Wildman–Crippen MR) is 200 cm³/mol. The number of esters is 2. The van der Waals surface area contributed by atoms with Crippen LogP contribution in [0, 0.1) is 5.92 Å². The van der Waals surface area contributed by atoms with E-state index in [0.717, 1.165) is 43.6 Å². The lowest BCUT2D eigenvalue weighted by molar-refractivity contribution is -0.152. The highest BCUT2D eigenvalue weighted by Gasteiger charge is 2.19. The lowest BCUT2D eigenvalue weighted by atomic mass is 10.0. The molecule has 276 valence electrons. The van der Waals surface area contributed by atoms with Crippen molar-refractivity contribution < 1.29 is 23.9 Å². The van der Waals surface area contributed by atoms with E-state index in [-0.39, 0.29) is 31.4 Å². The Morgan fingerprint density at radius 3 is 1.60 bits per heavy atom. The van der Waals surface area contributed by atoms with Crippen LogP contribution in [0.15, 0.2) is 30.3 Å². The zero-order valence-corrected chi connectivity index (χ0v) is 31.4. The third-order valence-electron chi connectivity index (χ3n) is 9.18. The molecule has 0 bridgehead atoms. The van der Waals surface area contributed by atoms with E-state index in [1.54, 1.807) is 0 Å². The number of carbonyl (C=O) groups is 3. The van der Waals surface area contributed by atoms with Crippen LogP contribution in [0.25, 0.3) is 0 Å². The molecule has 6 nitrogen and oxygen atoms in total. The number of hydrogen-bond acceptors (Lipinski definition) is 5. The first-order valence-corrected chi connectivity index (χ1v) is 20.1. The summed E-state index contributed by atoms with van der Waals surface area (Å²) in [6, 6.07) is 9.46. The van der Waals surface area contributed by atoms with Gasteiger partial charge in [0.15, 0.2) is 0 Å². The zero-order chi connectivity index (χ0) is 34.9. The number of unbranched alkanes of at least 4 members (excludes halogenated alkanes) is 20. The molecule has 0 saturated heterocycles. The van der Waals surface area contributed by atoms with Gasteiger partial charge in [0.2, 0.25) is 5.91 Å². The zero-order valence-electron chi connectivity index (χ0n) is 31.4. The number of benzene rings is 1. The number of amides is 1. The van der Waals surface area contributed by atoms with Gasteiger partial charge in [-0.1, -0.05) is 186 Å². The maximum absolute atomic E-state index is 12.7. The SMILES string of the molecule is CCCCCCCCCCCCCCC(CC(=O)NCC(=O)OCc1ccccc1)OC(=O)CCCCCCCCCCCCC(C)C. The van der Waals surface area contributed by atoms with Crippen LogP contribution in [-0.4, -0.2) is 30.5 Å².